The first-order chi connectivity index (χ1) is 11.1. The number of nitrogens with zero attached hydrogens (tertiary/aromatic N) is 2. The van der Waals surface area contributed by atoms with Crippen molar-refractivity contribution in [1.82, 2.24) is 4.90 Å². The molecule has 0 spiro atoms. The van der Waals surface area contributed by atoms with Crippen LogP contribution in [0.4, 0.5) is 5.69 Å². The summed E-state index contributed by atoms with van der Waals surface area (Å²) in [7, 11) is 0. The summed E-state index contributed by atoms with van der Waals surface area (Å²) >= 11 is 18.1. The number of benzene rings is 2. The Kier molecular flexibility index (Phi) is 5.00. The van der Waals surface area contributed by atoms with Crippen molar-refractivity contribution in [1.29, 1.82) is 0 Å². The summed E-state index contributed by atoms with van der Waals surface area (Å²) in [6, 6.07) is 12.7. The van der Waals surface area contributed by atoms with E-state index in [1.165, 1.54) is 0 Å². The van der Waals surface area contributed by atoms with Gasteiger partial charge in [-0.2, -0.15) is 0 Å². The molecule has 0 atom stereocenters. The van der Waals surface area contributed by atoms with Crippen molar-refractivity contribution >= 4 is 46.4 Å². The van der Waals surface area contributed by atoms with Gasteiger partial charge in [0.25, 0.3) is 5.91 Å². The van der Waals surface area contributed by atoms with Gasteiger partial charge in [-0.05, 0) is 30.3 Å². The quantitative estimate of drug-likeness (QED) is 0.772. The molecule has 2 aromatic rings. The molecule has 0 radical (unpaired) electrons. The van der Waals surface area contributed by atoms with Crippen LogP contribution >= 0.6 is 34.8 Å². The zero-order chi connectivity index (χ0) is 16.4. The molecule has 6 heteroatoms. The number of piperazine rings is 1. The lowest BCUT2D eigenvalue weighted by molar-refractivity contribution is 0.0747. The highest BCUT2D eigenvalue weighted by atomic mass is 35.5. The predicted molar refractivity (Wildman–Crippen MR) is 96.0 cm³/mol. The minimum Gasteiger partial charge on any atom is -0.367 e. The summed E-state index contributed by atoms with van der Waals surface area (Å²) in [6.07, 6.45) is 0. The van der Waals surface area contributed by atoms with E-state index < -0.39 is 0 Å². The molecule has 1 heterocycles. The monoisotopic (exact) mass is 368 g/mol. The summed E-state index contributed by atoms with van der Waals surface area (Å²) in [5.41, 5.74) is 1.57. The number of carbonyl (C=O) groups is 1. The number of carbonyl (C=O) groups excluding carboxylic acids is 1. The summed E-state index contributed by atoms with van der Waals surface area (Å²) in [5, 5.41) is 1.58. The van der Waals surface area contributed by atoms with E-state index in [0.29, 0.717) is 28.7 Å². The molecule has 1 amide bonds. The van der Waals surface area contributed by atoms with Crippen LogP contribution in [0.15, 0.2) is 42.5 Å². The Bertz CT molecular complexity index is 728. The van der Waals surface area contributed by atoms with Gasteiger partial charge < -0.3 is 9.80 Å². The van der Waals surface area contributed by atoms with E-state index in [0.717, 1.165) is 23.8 Å². The van der Waals surface area contributed by atoms with E-state index >= 15 is 0 Å². The smallest absolute Gasteiger partial charge is 0.254 e. The number of para-hydroxylation sites is 1. The molecule has 23 heavy (non-hydrogen) atoms. The van der Waals surface area contributed by atoms with Crippen molar-refractivity contribution in [3.05, 3.63) is 63.1 Å². The molecule has 2 aromatic carbocycles. The normalized spacial score (nSPS) is 14.9. The molecular formula is C17H15Cl3N2O. The van der Waals surface area contributed by atoms with Crippen LogP contribution in [0, 0.1) is 0 Å². The van der Waals surface area contributed by atoms with Crippen LogP contribution in [0.1, 0.15) is 10.4 Å². The van der Waals surface area contributed by atoms with Crippen molar-refractivity contribution in [2.24, 2.45) is 0 Å². The maximum absolute atomic E-state index is 12.6. The topological polar surface area (TPSA) is 23.6 Å². The lowest BCUT2D eigenvalue weighted by Gasteiger charge is -2.36. The molecule has 3 nitrogen and oxygen atoms in total. The van der Waals surface area contributed by atoms with Gasteiger partial charge in [0.1, 0.15) is 0 Å². The molecule has 3 rings (SSSR count). The Morgan fingerprint density at radius 2 is 1.52 bits per heavy atom. The maximum atomic E-state index is 12.6. The average molecular weight is 370 g/mol. The molecule has 0 bridgehead atoms. The van der Waals surface area contributed by atoms with Gasteiger partial charge in [0.2, 0.25) is 0 Å². The second-order valence-corrected chi connectivity index (χ2v) is 6.58. The summed E-state index contributed by atoms with van der Waals surface area (Å²) in [5.74, 6) is -0.0256. The highest BCUT2D eigenvalue weighted by Crippen LogP contribution is 2.27. The number of halogens is 3. The van der Waals surface area contributed by atoms with Crippen molar-refractivity contribution < 1.29 is 4.79 Å². The van der Waals surface area contributed by atoms with Crippen molar-refractivity contribution in [3.8, 4) is 0 Å². The second kappa shape index (κ2) is 7.00. The van der Waals surface area contributed by atoms with Crippen LogP contribution in [0.5, 0.6) is 0 Å². The molecule has 0 aromatic heterocycles. The van der Waals surface area contributed by atoms with Crippen LogP contribution in [-0.2, 0) is 0 Å². The zero-order valence-electron chi connectivity index (χ0n) is 12.3. The number of rotatable bonds is 2. The van der Waals surface area contributed by atoms with Gasteiger partial charge in [-0.1, -0.05) is 46.9 Å². The predicted octanol–water partition coefficient (Wildman–Crippen LogP) is 4.61. The highest BCUT2D eigenvalue weighted by Gasteiger charge is 2.23. The van der Waals surface area contributed by atoms with Crippen LogP contribution in [-0.4, -0.2) is 37.0 Å². The first-order valence-electron chi connectivity index (χ1n) is 7.30. The van der Waals surface area contributed by atoms with Crippen LogP contribution in [0.3, 0.4) is 0 Å². The number of hydrogen-bond acceptors (Lipinski definition) is 2. The second-order valence-electron chi connectivity index (χ2n) is 5.36. The molecule has 0 saturated carbocycles. The van der Waals surface area contributed by atoms with Crippen molar-refractivity contribution in [2.75, 3.05) is 31.1 Å². The van der Waals surface area contributed by atoms with Gasteiger partial charge in [-0.3, -0.25) is 4.79 Å². The molecule has 1 fully saturated rings. The Morgan fingerprint density at radius 3 is 2.17 bits per heavy atom. The van der Waals surface area contributed by atoms with Gasteiger partial charge in [0, 0.05) is 31.7 Å². The molecular weight excluding hydrogens is 355 g/mol. The number of amides is 1. The van der Waals surface area contributed by atoms with Gasteiger partial charge in [-0.25, -0.2) is 0 Å². The van der Waals surface area contributed by atoms with Gasteiger partial charge in [0.05, 0.1) is 20.8 Å². The van der Waals surface area contributed by atoms with Gasteiger partial charge in [0.15, 0.2) is 0 Å². The van der Waals surface area contributed by atoms with E-state index in [1.807, 2.05) is 29.2 Å². The van der Waals surface area contributed by atoms with Crippen LogP contribution < -0.4 is 4.90 Å². The van der Waals surface area contributed by atoms with E-state index in [9.17, 15) is 4.79 Å². The fourth-order valence-electron chi connectivity index (χ4n) is 2.67. The summed E-state index contributed by atoms with van der Waals surface area (Å²) < 4.78 is 0. The Morgan fingerprint density at radius 1 is 0.826 bits per heavy atom. The minimum atomic E-state index is -0.0256. The lowest BCUT2D eigenvalue weighted by Crippen LogP contribution is -2.48. The van der Waals surface area contributed by atoms with E-state index in [4.69, 9.17) is 34.8 Å². The van der Waals surface area contributed by atoms with E-state index in [2.05, 4.69) is 4.90 Å². The molecule has 0 N–H and O–H groups in total. The molecule has 1 aliphatic heterocycles. The summed E-state index contributed by atoms with van der Waals surface area (Å²) in [4.78, 5) is 16.6. The van der Waals surface area contributed by atoms with Gasteiger partial charge >= 0.3 is 0 Å². The third-order valence-electron chi connectivity index (χ3n) is 3.93. The van der Waals surface area contributed by atoms with E-state index in [-0.39, 0.29) is 5.91 Å². The molecule has 0 unspecified atom stereocenters. The fourth-order valence-corrected chi connectivity index (χ4v) is 3.22. The Labute approximate surface area is 150 Å². The maximum Gasteiger partial charge on any atom is 0.254 e. The van der Waals surface area contributed by atoms with Crippen molar-refractivity contribution in [2.45, 2.75) is 0 Å². The van der Waals surface area contributed by atoms with Crippen LogP contribution in [0.25, 0.3) is 0 Å². The van der Waals surface area contributed by atoms with Gasteiger partial charge in [-0.15, -0.1) is 0 Å². The first kappa shape index (κ1) is 16.4. The van der Waals surface area contributed by atoms with Crippen molar-refractivity contribution in [3.63, 3.8) is 0 Å². The average Bonchev–Trinajstić information content (AvgIpc) is 2.57. The molecule has 0 aliphatic carbocycles. The highest BCUT2D eigenvalue weighted by molar-refractivity contribution is 6.42. The third kappa shape index (κ3) is 3.57. The Balaban J connectivity index is 1.68. The molecule has 1 saturated heterocycles. The largest absolute Gasteiger partial charge is 0.367 e. The van der Waals surface area contributed by atoms with Crippen LogP contribution in [0.2, 0.25) is 15.1 Å². The zero-order valence-corrected chi connectivity index (χ0v) is 14.6. The molecule has 1 aliphatic rings. The fraction of sp³-hybridized carbons (Fsp3) is 0.235. The standard InChI is InChI=1S/C17H15Cl3N2O/c18-13-6-5-12(11-15(13)20)17(23)22-9-7-21(8-10-22)16-4-2-1-3-14(16)19/h1-6,11H,7-10H2. The number of anilines is 1. The van der Waals surface area contributed by atoms with E-state index in [1.54, 1.807) is 18.2 Å². The lowest BCUT2D eigenvalue weighted by atomic mass is 10.1. The minimum absolute atomic E-state index is 0.0256. The number of hydrogen-bond donors (Lipinski definition) is 0. The summed E-state index contributed by atoms with van der Waals surface area (Å²) in [6.45, 7) is 2.78. The first-order valence-corrected chi connectivity index (χ1v) is 8.43. The molecule has 120 valence electrons. The third-order valence-corrected chi connectivity index (χ3v) is 4.99. The Hall–Kier alpha value is -1.42. The SMILES string of the molecule is O=C(c1ccc(Cl)c(Cl)c1)N1CCN(c2ccccc2Cl)CC1.